The lowest BCUT2D eigenvalue weighted by Crippen LogP contribution is -2.07. The normalized spacial score (nSPS) is 10.1. The SMILES string of the molecule is CCCNc1ncnc(Oc2cccnc2)c1[N+](=O)[O-]. The summed E-state index contributed by atoms with van der Waals surface area (Å²) in [6.07, 6.45) is 5.07. The number of rotatable bonds is 6. The lowest BCUT2D eigenvalue weighted by Gasteiger charge is -2.08. The maximum Gasteiger partial charge on any atom is 0.373 e. The van der Waals surface area contributed by atoms with Gasteiger partial charge < -0.3 is 10.1 Å². The number of nitrogens with zero attached hydrogens (tertiary/aromatic N) is 4. The number of nitrogens with one attached hydrogen (secondary N) is 1. The third-order valence-electron chi connectivity index (χ3n) is 2.36. The Kier molecular flexibility index (Phi) is 4.38. The monoisotopic (exact) mass is 275 g/mol. The van der Waals surface area contributed by atoms with Gasteiger partial charge in [0.25, 0.3) is 0 Å². The first kappa shape index (κ1) is 13.7. The van der Waals surface area contributed by atoms with Crippen LogP contribution in [0.15, 0.2) is 30.9 Å². The first-order chi connectivity index (χ1) is 9.72. The summed E-state index contributed by atoms with van der Waals surface area (Å²) < 4.78 is 5.40. The summed E-state index contributed by atoms with van der Waals surface area (Å²) in [5.74, 6) is 0.401. The third kappa shape index (κ3) is 3.16. The van der Waals surface area contributed by atoms with Crippen LogP contribution in [0.1, 0.15) is 13.3 Å². The highest BCUT2D eigenvalue weighted by Gasteiger charge is 2.24. The van der Waals surface area contributed by atoms with Crippen molar-refractivity contribution in [3.05, 3.63) is 41.0 Å². The Morgan fingerprint density at radius 2 is 2.30 bits per heavy atom. The molecule has 104 valence electrons. The average molecular weight is 275 g/mol. The Labute approximate surface area is 115 Å². The number of pyridine rings is 1. The van der Waals surface area contributed by atoms with Gasteiger partial charge in [0.2, 0.25) is 5.82 Å². The van der Waals surface area contributed by atoms with Gasteiger partial charge in [-0.05, 0) is 18.6 Å². The standard InChI is InChI=1S/C12H13N5O3/c1-2-5-14-11-10(17(18)19)12(16-8-15-11)20-9-4-3-6-13-7-9/h3-4,6-8H,2,5H2,1H3,(H,14,15,16). The molecule has 20 heavy (non-hydrogen) atoms. The van der Waals surface area contributed by atoms with Gasteiger partial charge in [-0.3, -0.25) is 15.1 Å². The molecule has 0 aliphatic rings. The van der Waals surface area contributed by atoms with Crippen molar-refractivity contribution in [1.82, 2.24) is 15.0 Å². The Morgan fingerprint density at radius 3 is 2.95 bits per heavy atom. The average Bonchev–Trinajstić information content (AvgIpc) is 2.46. The fraction of sp³-hybridized carbons (Fsp3) is 0.250. The second kappa shape index (κ2) is 6.41. The van der Waals surface area contributed by atoms with Crippen LogP contribution in [0.5, 0.6) is 11.6 Å². The predicted octanol–water partition coefficient (Wildman–Crippen LogP) is 2.39. The maximum atomic E-state index is 11.2. The molecule has 2 aromatic rings. The van der Waals surface area contributed by atoms with Crippen molar-refractivity contribution in [3.63, 3.8) is 0 Å². The van der Waals surface area contributed by atoms with E-state index in [-0.39, 0.29) is 17.4 Å². The Hall–Kier alpha value is -2.77. The number of hydrogen-bond donors (Lipinski definition) is 1. The zero-order valence-corrected chi connectivity index (χ0v) is 10.8. The Bertz CT molecular complexity index is 591. The topological polar surface area (TPSA) is 103 Å². The zero-order chi connectivity index (χ0) is 14.4. The van der Waals surface area contributed by atoms with E-state index in [1.54, 1.807) is 18.3 Å². The summed E-state index contributed by atoms with van der Waals surface area (Å²) >= 11 is 0. The van der Waals surface area contributed by atoms with Crippen LogP contribution in [0.4, 0.5) is 11.5 Å². The van der Waals surface area contributed by atoms with Crippen LogP contribution in [0.3, 0.4) is 0 Å². The van der Waals surface area contributed by atoms with E-state index >= 15 is 0 Å². The van der Waals surface area contributed by atoms with E-state index in [1.807, 2.05) is 6.92 Å². The molecule has 0 spiro atoms. The number of aromatic nitrogens is 3. The van der Waals surface area contributed by atoms with Crippen LogP contribution >= 0.6 is 0 Å². The molecule has 0 aliphatic carbocycles. The molecule has 0 radical (unpaired) electrons. The molecule has 0 saturated carbocycles. The highest BCUT2D eigenvalue weighted by atomic mass is 16.6. The minimum Gasteiger partial charge on any atom is -0.432 e. The second-order valence-electron chi connectivity index (χ2n) is 3.85. The summed E-state index contributed by atoms with van der Waals surface area (Å²) in [5.41, 5.74) is -0.287. The van der Waals surface area contributed by atoms with Gasteiger partial charge in [-0.25, -0.2) is 4.98 Å². The molecule has 2 heterocycles. The second-order valence-corrected chi connectivity index (χ2v) is 3.85. The molecule has 0 aliphatic heterocycles. The number of ether oxygens (including phenoxy) is 1. The third-order valence-corrected chi connectivity index (χ3v) is 2.36. The van der Waals surface area contributed by atoms with Crippen molar-refractivity contribution in [2.24, 2.45) is 0 Å². The van der Waals surface area contributed by atoms with Crippen molar-refractivity contribution in [3.8, 4) is 11.6 Å². The number of anilines is 1. The van der Waals surface area contributed by atoms with Crippen molar-refractivity contribution in [2.75, 3.05) is 11.9 Å². The summed E-state index contributed by atoms with van der Waals surface area (Å²) in [4.78, 5) is 22.2. The highest BCUT2D eigenvalue weighted by molar-refractivity contribution is 5.61. The van der Waals surface area contributed by atoms with Gasteiger partial charge in [-0.2, -0.15) is 4.98 Å². The summed E-state index contributed by atoms with van der Waals surface area (Å²) in [7, 11) is 0. The van der Waals surface area contributed by atoms with Gasteiger partial charge >= 0.3 is 11.6 Å². The molecular weight excluding hydrogens is 262 g/mol. The van der Waals surface area contributed by atoms with Gasteiger partial charge in [0.15, 0.2) is 0 Å². The van der Waals surface area contributed by atoms with Gasteiger partial charge in [-0.1, -0.05) is 6.92 Å². The summed E-state index contributed by atoms with van der Waals surface area (Å²) in [5, 5.41) is 14.1. The minimum atomic E-state index is -0.566. The number of hydrogen-bond acceptors (Lipinski definition) is 7. The van der Waals surface area contributed by atoms with E-state index in [2.05, 4.69) is 20.3 Å². The molecule has 0 aromatic carbocycles. The van der Waals surface area contributed by atoms with Crippen LogP contribution < -0.4 is 10.1 Å². The molecule has 1 N–H and O–H groups in total. The quantitative estimate of drug-likeness (QED) is 0.637. The summed E-state index contributed by atoms with van der Waals surface area (Å²) in [6, 6.07) is 3.30. The lowest BCUT2D eigenvalue weighted by molar-refractivity contribution is -0.385. The predicted molar refractivity (Wildman–Crippen MR) is 71.8 cm³/mol. The first-order valence-corrected chi connectivity index (χ1v) is 6.03. The minimum absolute atomic E-state index is 0.114. The number of nitro groups is 1. The largest absolute Gasteiger partial charge is 0.432 e. The van der Waals surface area contributed by atoms with E-state index in [4.69, 9.17) is 4.74 Å². The highest BCUT2D eigenvalue weighted by Crippen LogP contribution is 2.33. The van der Waals surface area contributed by atoms with Crippen molar-refractivity contribution in [1.29, 1.82) is 0 Å². The van der Waals surface area contributed by atoms with Gasteiger partial charge in [-0.15, -0.1) is 0 Å². The van der Waals surface area contributed by atoms with E-state index in [9.17, 15) is 10.1 Å². The van der Waals surface area contributed by atoms with Crippen LogP contribution in [0, 0.1) is 10.1 Å². The van der Waals surface area contributed by atoms with E-state index < -0.39 is 4.92 Å². The van der Waals surface area contributed by atoms with Gasteiger partial charge in [0.05, 0.1) is 11.1 Å². The first-order valence-electron chi connectivity index (χ1n) is 6.03. The van der Waals surface area contributed by atoms with E-state index in [0.29, 0.717) is 12.3 Å². The fourth-order valence-electron chi connectivity index (χ4n) is 1.49. The molecule has 0 fully saturated rings. The van der Waals surface area contributed by atoms with Crippen molar-refractivity contribution >= 4 is 11.5 Å². The summed E-state index contributed by atoms with van der Waals surface area (Å²) in [6.45, 7) is 2.53. The maximum absolute atomic E-state index is 11.2. The molecule has 0 unspecified atom stereocenters. The molecule has 0 saturated heterocycles. The molecule has 2 rings (SSSR count). The molecule has 0 atom stereocenters. The van der Waals surface area contributed by atoms with Crippen LogP contribution in [0.2, 0.25) is 0 Å². The Morgan fingerprint density at radius 1 is 1.45 bits per heavy atom. The van der Waals surface area contributed by atoms with Crippen molar-refractivity contribution < 1.29 is 9.66 Å². The molecule has 8 nitrogen and oxygen atoms in total. The molecule has 0 bridgehead atoms. The van der Waals surface area contributed by atoms with Gasteiger partial charge in [0, 0.05) is 12.7 Å². The van der Waals surface area contributed by atoms with Crippen LogP contribution in [-0.2, 0) is 0 Å². The lowest BCUT2D eigenvalue weighted by atomic mass is 10.4. The van der Waals surface area contributed by atoms with E-state index in [0.717, 1.165) is 6.42 Å². The zero-order valence-electron chi connectivity index (χ0n) is 10.8. The molecule has 8 heteroatoms. The molecule has 0 amide bonds. The van der Waals surface area contributed by atoms with Crippen LogP contribution in [-0.4, -0.2) is 26.4 Å². The Balaban J connectivity index is 2.34. The fourth-order valence-corrected chi connectivity index (χ4v) is 1.49. The van der Waals surface area contributed by atoms with Crippen LogP contribution in [0.25, 0.3) is 0 Å². The van der Waals surface area contributed by atoms with Gasteiger partial charge in [0.1, 0.15) is 12.1 Å². The van der Waals surface area contributed by atoms with Crippen molar-refractivity contribution in [2.45, 2.75) is 13.3 Å². The van der Waals surface area contributed by atoms with E-state index in [1.165, 1.54) is 12.5 Å². The smallest absolute Gasteiger partial charge is 0.373 e. The molecule has 2 aromatic heterocycles. The molecular formula is C12H13N5O3.